The Hall–Kier alpha value is -1.06. The van der Waals surface area contributed by atoms with Gasteiger partial charge < -0.3 is 9.84 Å². The molecule has 0 aliphatic heterocycles. The second-order valence-corrected chi connectivity index (χ2v) is 13.8. The van der Waals surface area contributed by atoms with Gasteiger partial charge in [0.2, 0.25) is 0 Å². The third-order valence-electron chi connectivity index (χ3n) is 9.33. The molecule has 0 spiro atoms. The molecule has 0 amide bonds. The lowest BCUT2D eigenvalue weighted by Gasteiger charge is -2.18. The standard InChI is InChI=1S/C40H78O4/c1-3-5-7-9-11-12-13-14-15-16-17-18-19-20-21-22-23-29-33-37-40(43)44-38(34-30-26-10-8-6-4-2)35-31-27-24-25-28-32-36-39(41)42/h38H,3-37H2,1-2H3,(H,41,42). The molecule has 0 rings (SSSR count). The van der Waals surface area contributed by atoms with Crippen molar-refractivity contribution in [1.82, 2.24) is 0 Å². The number of carbonyl (C=O) groups excluding carboxylic acids is 1. The van der Waals surface area contributed by atoms with Crippen molar-refractivity contribution in [3.8, 4) is 0 Å². The second-order valence-electron chi connectivity index (χ2n) is 13.8. The van der Waals surface area contributed by atoms with Crippen LogP contribution in [0.25, 0.3) is 0 Å². The number of esters is 1. The highest BCUT2D eigenvalue weighted by molar-refractivity contribution is 5.69. The summed E-state index contributed by atoms with van der Waals surface area (Å²) >= 11 is 0. The first-order valence-electron chi connectivity index (χ1n) is 20.0. The predicted molar refractivity (Wildman–Crippen MR) is 190 cm³/mol. The summed E-state index contributed by atoms with van der Waals surface area (Å²) in [5, 5.41) is 8.76. The predicted octanol–water partition coefficient (Wildman–Crippen LogP) is 13.7. The van der Waals surface area contributed by atoms with E-state index in [2.05, 4.69) is 13.8 Å². The third kappa shape index (κ3) is 35.4. The summed E-state index contributed by atoms with van der Waals surface area (Å²) in [5.74, 6) is -0.675. The zero-order chi connectivity index (χ0) is 32.2. The molecule has 4 heteroatoms. The first-order chi connectivity index (χ1) is 21.6. The summed E-state index contributed by atoms with van der Waals surface area (Å²) in [6.07, 6.45) is 42.8. The van der Waals surface area contributed by atoms with Crippen LogP contribution in [0.1, 0.15) is 239 Å². The second kappa shape index (κ2) is 36.4. The molecule has 0 saturated carbocycles. The highest BCUT2D eigenvalue weighted by Crippen LogP contribution is 2.19. The molecule has 0 aromatic carbocycles. The number of hydrogen-bond acceptors (Lipinski definition) is 3. The Balaban J connectivity index is 3.77. The molecule has 1 N–H and O–H groups in total. The van der Waals surface area contributed by atoms with E-state index in [0.717, 1.165) is 70.6 Å². The molecule has 0 aliphatic rings. The van der Waals surface area contributed by atoms with Gasteiger partial charge in [0, 0.05) is 12.8 Å². The summed E-state index contributed by atoms with van der Waals surface area (Å²) in [6.45, 7) is 4.54. The Bertz CT molecular complexity index is 590. The van der Waals surface area contributed by atoms with E-state index in [4.69, 9.17) is 9.84 Å². The Morgan fingerprint density at radius 2 is 0.682 bits per heavy atom. The Morgan fingerprint density at radius 3 is 1.00 bits per heavy atom. The van der Waals surface area contributed by atoms with Crippen LogP contribution in [0.3, 0.4) is 0 Å². The zero-order valence-electron chi connectivity index (χ0n) is 30.0. The molecule has 1 unspecified atom stereocenters. The van der Waals surface area contributed by atoms with Gasteiger partial charge in [0.05, 0.1) is 0 Å². The van der Waals surface area contributed by atoms with Gasteiger partial charge in [0.15, 0.2) is 0 Å². The monoisotopic (exact) mass is 623 g/mol. The van der Waals surface area contributed by atoms with E-state index in [9.17, 15) is 9.59 Å². The van der Waals surface area contributed by atoms with E-state index in [1.807, 2.05) is 0 Å². The van der Waals surface area contributed by atoms with Crippen molar-refractivity contribution in [2.75, 3.05) is 0 Å². The molecule has 0 bridgehead atoms. The smallest absolute Gasteiger partial charge is 0.306 e. The molecule has 262 valence electrons. The van der Waals surface area contributed by atoms with Crippen LogP contribution in [0, 0.1) is 0 Å². The molecule has 44 heavy (non-hydrogen) atoms. The molecule has 0 radical (unpaired) electrons. The minimum Gasteiger partial charge on any atom is -0.481 e. The van der Waals surface area contributed by atoms with Gasteiger partial charge in [0.25, 0.3) is 0 Å². The molecule has 0 heterocycles. The van der Waals surface area contributed by atoms with Crippen LogP contribution in [0.15, 0.2) is 0 Å². The quantitative estimate of drug-likeness (QED) is 0.0553. The van der Waals surface area contributed by atoms with Crippen LogP contribution in [0.4, 0.5) is 0 Å². The minimum absolute atomic E-state index is 0.0154. The molecule has 1 atom stereocenters. The topological polar surface area (TPSA) is 63.6 Å². The summed E-state index contributed by atoms with van der Waals surface area (Å²) in [4.78, 5) is 23.2. The van der Waals surface area contributed by atoms with Crippen LogP contribution in [0.2, 0.25) is 0 Å². The van der Waals surface area contributed by atoms with Gasteiger partial charge in [-0.15, -0.1) is 0 Å². The number of unbranched alkanes of at least 4 members (excludes halogenated alkanes) is 28. The van der Waals surface area contributed by atoms with E-state index in [1.54, 1.807) is 0 Å². The molecule has 0 aromatic heterocycles. The van der Waals surface area contributed by atoms with Gasteiger partial charge in [-0.3, -0.25) is 9.59 Å². The lowest BCUT2D eigenvalue weighted by Crippen LogP contribution is -2.18. The van der Waals surface area contributed by atoms with Crippen molar-refractivity contribution in [3.63, 3.8) is 0 Å². The van der Waals surface area contributed by atoms with Crippen molar-refractivity contribution < 1.29 is 19.4 Å². The van der Waals surface area contributed by atoms with E-state index >= 15 is 0 Å². The Kier molecular flexibility index (Phi) is 35.5. The van der Waals surface area contributed by atoms with E-state index in [0.29, 0.717) is 6.42 Å². The van der Waals surface area contributed by atoms with Crippen molar-refractivity contribution >= 4 is 11.9 Å². The molecule has 4 nitrogen and oxygen atoms in total. The van der Waals surface area contributed by atoms with Crippen molar-refractivity contribution in [2.24, 2.45) is 0 Å². The minimum atomic E-state index is -0.690. The van der Waals surface area contributed by atoms with Crippen LogP contribution in [-0.4, -0.2) is 23.1 Å². The lowest BCUT2D eigenvalue weighted by atomic mass is 10.0. The molecule has 0 aliphatic carbocycles. The average molecular weight is 623 g/mol. The van der Waals surface area contributed by atoms with E-state index in [1.165, 1.54) is 141 Å². The Labute approximate surface area is 275 Å². The number of carboxylic acids is 1. The van der Waals surface area contributed by atoms with Crippen LogP contribution in [0.5, 0.6) is 0 Å². The SMILES string of the molecule is CCCCCCCCCCCCCCCCCCCCCC(=O)OC(CCCCCCCC)CCCCCCCCC(=O)O. The van der Waals surface area contributed by atoms with Gasteiger partial charge >= 0.3 is 11.9 Å². The zero-order valence-corrected chi connectivity index (χ0v) is 30.0. The van der Waals surface area contributed by atoms with Gasteiger partial charge in [-0.05, 0) is 38.5 Å². The number of rotatable bonds is 37. The maximum Gasteiger partial charge on any atom is 0.306 e. The number of carbonyl (C=O) groups is 2. The maximum atomic E-state index is 12.6. The number of carboxylic acid groups (broad SMARTS) is 1. The van der Waals surface area contributed by atoms with Crippen LogP contribution in [-0.2, 0) is 14.3 Å². The normalized spacial score (nSPS) is 12.0. The van der Waals surface area contributed by atoms with Crippen molar-refractivity contribution in [1.29, 1.82) is 0 Å². The fourth-order valence-electron chi connectivity index (χ4n) is 6.36. The molecular weight excluding hydrogens is 544 g/mol. The van der Waals surface area contributed by atoms with E-state index < -0.39 is 5.97 Å². The van der Waals surface area contributed by atoms with Gasteiger partial charge in [-0.25, -0.2) is 0 Å². The van der Waals surface area contributed by atoms with Crippen molar-refractivity contribution in [2.45, 2.75) is 245 Å². The summed E-state index contributed by atoms with van der Waals surface area (Å²) in [5.41, 5.74) is 0. The molecule has 0 fully saturated rings. The van der Waals surface area contributed by atoms with Crippen LogP contribution >= 0.6 is 0 Å². The van der Waals surface area contributed by atoms with Gasteiger partial charge in [0.1, 0.15) is 6.10 Å². The summed E-state index contributed by atoms with van der Waals surface area (Å²) < 4.78 is 5.98. The number of hydrogen-bond donors (Lipinski definition) is 1. The maximum absolute atomic E-state index is 12.6. The van der Waals surface area contributed by atoms with E-state index in [-0.39, 0.29) is 18.5 Å². The number of aliphatic carboxylic acids is 1. The van der Waals surface area contributed by atoms with Gasteiger partial charge in [-0.1, -0.05) is 187 Å². The number of ether oxygens (including phenoxy) is 1. The first-order valence-corrected chi connectivity index (χ1v) is 20.0. The van der Waals surface area contributed by atoms with Crippen molar-refractivity contribution in [3.05, 3.63) is 0 Å². The summed E-state index contributed by atoms with van der Waals surface area (Å²) in [7, 11) is 0. The molecular formula is C40H78O4. The van der Waals surface area contributed by atoms with Gasteiger partial charge in [-0.2, -0.15) is 0 Å². The largest absolute Gasteiger partial charge is 0.481 e. The Morgan fingerprint density at radius 1 is 0.409 bits per heavy atom. The highest BCUT2D eigenvalue weighted by atomic mass is 16.5. The van der Waals surface area contributed by atoms with Crippen LogP contribution < -0.4 is 0 Å². The molecule has 0 saturated heterocycles. The lowest BCUT2D eigenvalue weighted by molar-refractivity contribution is -0.150. The average Bonchev–Trinajstić information content (AvgIpc) is 3.01. The first kappa shape index (κ1) is 42.9. The summed E-state index contributed by atoms with van der Waals surface area (Å²) in [6, 6.07) is 0. The fraction of sp³-hybridized carbons (Fsp3) is 0.950. The highest BCUT2D eigenvalue weighted by Gasteiger charge is 2.14. The molecule has 0 aromatic rings. The third-order valence-corrected chi connectivity index (χ3v) is 9.33. The fourth-order valence-corrected chi connectivity index (χ4v) is 6.36.